The van der Waals surface area contributed by atoms with Gasteiger partial charge in [0.05, 0.1) is 24.2 Å². The van der Waals surface area contributed by atoms with Crippen LogP contribution in [0, 0.1) is 0 Å². The van der Waals surface area contributed by atoms with E-state index in [0.29, 0.717) is 32.1 Å². The number of likely N-dealkylation sites (N-methyl/N-ethyl adjacent to an activating group) is 1. The van der Waals surface area contributed by atoms with E-state index in [2.05, 4.69) is 4.90 Å². The number of morpholine rings is 1. The maximum absolute atomic E-state index is 12.6. The normalized spacial score (nSPS) is 16.9. The Morgan fingerprint density at radius 1 is 1.22 bits per heavy atom. The van der Waals surface area contributed by atoms with Crippen LogP contribution in [-0.2, 0) is 14.8 Å². The lowest BCUT2D eigenvalue weighted by Crippen LogP contribution is -2.41. The van der Waals surface area contributed by atoms with Crippen LogP contribution < -0.4 is 4.74 Å². The lowest BCUT2D eigenvalue weighted by Gasteiger charge is -2.28. The van der Waals surface area contributed by atoms with Crippen molar-refractivity contribution in [3.05, 3.63) is 24.3 Å². The van der Waals surface area contributed by atoms with Gasteiger partial charge in [-0.1, -0.05) is 0 Å². The van der Waals surface area contributed by atoms with Gasteiger partial charge in [0, 0.05) is 33.2 Å². The van der Waals surface area contributed by atoms with E-state index in [1.807, 2.05) is 13.8 Å². The molecule has 2 rings (SSSR count). The van der Waals surface area contributed by atoms with E-state index in [9.17, 15) is 8.42 Å². The van der Waals surface area contributed by atoms with Crippen molar-refractivity contribution < 1.29 is 17.9 Å². The van der Waals surface area contributed by atoms with Crippen LogP contribution in [0.1, 0.15) is 13.8 Å². The van der Waals surface area contributed by atoms with Crippen molar-refractivity contribution in [1.82, 2.24) is 9.21 Å². The molecule has 1 aromatic rings. The van der Waals surface area contributed by atoms with E-state index in [-0.39, 0.29) is 11.0 Å². The summed E-state index contributed by atoms with van der Waals surface area (Å²) in [5, 5.41) is 0. The van der Waals surface area contributed by atoms with Crippen molar-refractivity contribution in [3.8, 4) is 5.75 Å². The third-order valence-electron chi connectivity index (χ3n) is 3.74. The summed E-state index contributed by atoms with van der Waals surface area (Å²) >= 11 is 0. The van der Waals surface area contributed by atoms with Gasteiger partial charge in [0.2, 0.25) is 10.0 Å². The van der Waals surface area contributed by atoms with Gasteiger partial charge in [-0.05, 0) is 38.1 Å². The molecule has 0 bridgehead atoms. The van der Waals surface area contributed by atoms with Crippen LogP contribution in [0.15, 0.2) is 29.2 Å². The molecular weight excluding hydrogens is 316 g/mol. The van der Waals surface area contributed by atoms with Gasteiger partial charge in [0.1, 0.15) is 5.75 Å². The maximum atomic E-state index is 12.6. The summed E-state index contributed by atoms with van der Waals surface area (Å²) in [7, 11) is -1.85. The van der Waals surface area contributed by atoms with E-state index in [0.717, 1.165) is 13.1 Å². The molecule has 1 aromatic carbocycles. The van der Waals surface area contributed by atoms with Crippen LogP contribution in [0.4, 0.5) is 0 Å². The minimum Gasteiger partial charge on any atom is -0.491 e. The van der Waals surface area contributed by atoms with E-state index in [1.54, 1.807) is 31.3 Å². The third kappa shape index (κ3) is 5.17. The molecule has 0 aromatic heterocycles. The Balaban J connectivity index is 1.96. The summed E-state index contributed by atoms with van der Waals surface area (Å²) < 4.78 is 37.4. The molecule has 1 fully saturated rings. The molecule has 0 N–H and O–H groups in total. The van der Waals surface area contributed by atoms with Crippen molar-refractivity contribution in [2.24, 2.45) is 0 Å². The number of hydrogen-bond acceptors (Lipinski definition) is 5. The molecule has 6 nitrogen and oxygen atoms in total. The lowest BCUT2D eigenvalue weighted by atomic mass is 10.3. The SMILES string of the molecule is CC(C)Oc1ccc(S(=O)(=O)N(C)CCN2CCOCC2)cc1. The molecule has 1 heterocycles. The molecule has 0 aliphatic carbocycles. The highest BCUT2D eigenvalue weighted by Gasteiger charge is 2.21. The molecule has 7 heteroatoms. The van der Waals surface area contributed by atoms with Gasteiger partial charge in [-0.15, -0.1) is 0 Å². The standard InChI is InChI=1S/C16H26N2O4S/c1-14(2)22-15-4-6-16(7-5-15)23(19,20)17(3)8-9-18-10-12-21-13-11-18/h4-7,14H,8-13H2,1-3H3. The molecule has 1 aliphatic rings. The van der Waals surface area contributed by atoms with Crippen molar-refractivity contribution in [1.29, 1.82) is 0 Å². The zero-order valence-corrected chi connectivity index (χ0v) is 14.9. The summed E-state index contributed by atoms with van der Waals surface area (Å²) in [5.74, 6) is 0.676. The molecule has 0 radical (unpaired) electrons. The van der Waals surface area contributed by atoms with Crippen LogP contribution in [-0.4, -0.2) is 70.2 Å². The first kappa shape index (κ1) is 18.2. The lowest BCUT2D eigenvalue weighted by molar-refractivity contribution is 0.0368. The van der Waals surface area contributed by atoms with Crippen LogP contribution in [0.5, 0.6) is 5.75 Å². The predicted octanol–water partition coefficient (Wildman–Crippen LogP) is 1.43. The van der Waals surface area contributed by atoms with Crippen molar-refractivity contribution >= 4 is 10.0 Å². The zero-order chi connectivity index (χ0) is 16.9. The van der Waals surface area contributed by atoms with Crippen molar-refractivity contribution in [3.63, 3.8) is 0 Å². The topological polar surface area (TPSA) is 59.1 Å². The third-order valence-corrected chi connectivity index (χ3v) is 5.61. The maximum Gasteiger partial charge on any atom is 0.242 e. The molecule has 1 saturated heterocycles. The average Bonchev–Trinajstić information content (AvgIpc) is 2.53. The molecule has 0 unspecified atom stereocenters. The highest BCUT2D eigenvalue weighted by atomic mass is 32.2. The summed E-state index contributed by atoms with van der Waals surface area (Å²) in [5.41, 5.74) is 0. The van der Waals surface area contributed by atoms with Gasteiger partial charge in [0.15, 0.2) is 0 Å². The van der Waals surface area contributed by atoms with E-state index >= 15 is 0 Å². The van der Waals surface area contributed by atoms with Crippen LogP contribution >= 0.6 is 0 Å². The molecule has 130 valence electrons. The fourth-order valence-electron chi connectivity index (χ4n) is 2.37. The van der Waals surface area contributed by atoms with E-state index < -0.39 is 10.0 Å². The Kier molecular flexibility index (Phi) is 6.41. The molecule has 1 aliphatic heterocycles. The second kappa shape index (κ2) is 8.10. The Labute approximate surface area is 139 Å². The number of rotatable bonds is 7. The number of hydrogen-bond donors (Lipinski definition) is 0. The van der Waals surface area contributed by atoms with Crippen LogP contribution in [0.3, 0.4) is 0 Å². The molecule has 0 spiro atoms. The predicted molar refractivity (Wildman–Crippen MR) is 89.3 cm³/mol. The fraction of sp³-hybridized carbons (Fsp3) is 0.625. The van der Waals surface area contributed by atoms with Crippen LogP contribution in [0.25, 0.3) is 0 Å². The monoisotopic (exact) mass is 342 g/mol. The Morgan fingerprint density at radius 2 is 1.83 bits per heavy atom. The highest BCUT2D eigenvalue weighted by molar-refractivity contribution is 7.89. The molecule has 0 atom stereocenters. The van der Waals surface area contributed by atoms with Gasteiger partial charge < -0.3 is 9.47 Å². The van der Waals surface area contributed by atoms with Gasteiger partial charge in [-0.25, -0.2) is 8.42 Å². The zero-order valence-electron chi connectivity index (χ0n) is 14.1. The molecule has 0 saturated carbocycles. The van der Waals surface area contributed by atoms with Crippen molar-refractivity contribution in [2.75, 3.05) is 46.4 Å². The smallest absolute Gasteiger partial charge is 0.242 e. The summed E-state index contributed by atoms with van der Waals surface area (Å²) in [6.45, 7) is 8.19. The van der Waals surface area contributed by atoms with Gasteiger partial charge in [-0.2, -0.15) is 4.31 Å². The minimum absolute atomic E-state index is 0.0636. The number of ether oxygens (including phenoxy) is 2. The molecule has 0 amide bonds. The quantitative estimate of drug-likeness (QED) is 0.750. The van der Waals surface area contributed by atoms with Gasteiger partial charge in [0.25, 0.3) is 0 Å². The number of benzene rings is 1. The highest BCUT2D eigenvalue weighted by Crippen LogP contribution is 2.19. The van der Waals surface area contributed by atoms with E-state index in [4.69, 9.17) is 9.47 Å². The van der Waals surface area contributed by atoms with Crippen LogP contribution in [0.2, 0.25) is 0 Å². The minimum atomic E-state index is -3.47. The second-order valence-corrected chi connectivity index (χ2v) is 7.96. The Hall–Kier alpha value is -1.15. The molecule has 23 heavy (non-hydrogen) atoms. The molecular formula is C16H26N2O4S. The summed E-state index contributed by atoms with van der Waals surface area (Å²) in [6, 6.07) is 6.59. The fourth-order valence-corrected chi connectivity index (χ4v) is 3.53. The van der Waals surface area contributed by atoms with Gasteiger partial charge >= 0.3 is 0 Å². The number of sulfonamides is 1. The van der Waals surface area contributed by atoms with Gasteiger partial charge in [-0.3, -0.25) is 4.90 Å². The largest absolute Gasteiger partial charge is 0.491 e. The van der Waals surface area contributed by atoms with Crippen molar-refractivity contribution in [2.45, 2.75) is 24.8 Å². The average molecular weight is 342 g/mol. The Morgan fingerprint density at radius 3 is 2.39 bits per heavy atom. The second-order valence-electron chi connectivity index (χ2n) is 5.92. The first-order valence-electron chi connectivity index (χ1n) is 7.93. The summed E-state index contributed by atoms with van der Waals surface area (Å²) in [4.78, 5) is 2.51. The first-order valence-corrected chi connectivity index (χ1v) is 9.37. The number of nitrogens with zero attached hydrogens (tertiary/aromatic N) is 2. The first-order chi connectivity index (χ1) is 10.9. The van der Waals surface area contributed by atoms with E-state index in [1.165, 1.54) is 4.31 Å². The Bertz CT molecular complexity index is 581. The summed E-state index contributed by atoms with van der Waals surface area (Å²) in [6.07, 6.45) is 0.0636.